The third-order valence-electron chi connectivity index (χ3n) is 4.22. The first kappa shape index (κ1) is 9.51. The molecule has 0 aromatic carbocycles. The Morgan fingerprint density at radius 3 is 2.46 bits per heavy atom. The maximum Gasteiger partial charge on any atom is -0.00746 e. The third-order valence-corrected chi connectivity index (χ3v) is 4.22. The lowest BCUT2D eigenvalue weighted by atomic mass is 9.67. The molecule has 3 unspecified atom stereocenters. The van der Waals surface area contributed by atoms with Gasteiger partial charge in [-0.3, -0.25) is 0 Å². The van der Waals surface area contributed by atoms with Crippen molar-refractivity contribution in [2.45, 2.75) is 51.4 Å². The van der Waals surface area contributed by atoms with Gasteiger partial charge in [0.2, 0.25) is 0 Å². The highest BCUT2D eigenvalue weighted by Crippen LogP contribution is 2.43. The van der Waals surface area contributed by atoms with Crippen LogP contribution in [-0.2, 0) is 0 Å². The molecule has 13 heavy (non-hydrogen) atoms. The lowest BCUT2D eigenvalue weighted by Gasteiger charge is -2.39. The van der Waals surface area contributed by atoms with Crippen molar-refractivity contribution in [1.29, 1.82) is 0 Å². The van der Waals surface area contributed by atoms with E-state index >= 15 is 0 Å². The van der Waals surface area contributed by atoms with E-state index in [0.29, 0.717) is 0 Å². The molecule has 2 aliphatic rings. The Balaban J connectivity index is 1.84. The van der Waals surface area contributed by atoms with Gasteiger partial charge in [0.1, 0.15) is 0 Å². The van der Waals surface area contributed by atoms with E-state index in [1.165, 1.54) is 51.4 Å². The van der Waals surface area contributed by atoms with Crippen molar-refractivity contribution in [2.75, 3.05) is 6.54 Å². The van der Waals surface area contributed by atoms with E-state index in [-0.39, 0.29) is 0 Å². The summed E-state index contributed by atoms with van der Waals surface area (Å²) in [5.41, 5.74) is 5.63. The maximum atomic E-state index is 5.63. The summed E-state index contributed by atoms with van der Waals surface area (Å²) in [6.45, 7) is 0.905. The van der Waals surface area contributed by atoms with Gasteiger partial charge in [0.05, 0.1) is 0 Å². The summed E-state index contributed by atoms with van der Waals surface area (Å²) < 4.78 is 0. The molecule has 1 heteroatoms. The Morgan fingerprint density at radius 2 is 1.69 bits per heavy atom. The molecule has 2 aliphatic carbocycles. The van der Waals surface area contributed by atoms with Crippen LogP contribution in [0.5, 0.6) is 0 Å². The molecule has 0 amide bonds. The van der Waals surface area contributed by atoms with E-state index in [1.807, 2.05) is 0 Å². The molecule has 3 atom stereocenters. The van der Waals surface area contributed by atoms with Gasteiger partial charge in [-0.25, -0.2) is 0 Å². The SMILES string of the molecule is NCCC1CCC2CCCCC2C1. The smallest absolute Gasteiger partial charge is 0.00746 e. The molecule has 0 radical (unpaired) electrons. The number of rotatable bonds is 2. The van der Waals surface area contributed by atoms with Crippen LogP contribution in [0, 0.1) is 17.8 Å². The highest BCUT2D eigenvalue weighted by Gasteiger charge is 2.31. The van der Waals surface area contributed by atoms with Crippen LogP contribution in [0.15, 0.2) is 0 Å². The maximum absolute atomic E-state index is 5.63. The lowest BCUT2D eigenvalue weighted by Crippen LogP contribution is -2.28. The molecule has 0 aromatic heterocycles. The van der Waals surface area contributed by atoms with Gasteiger partial charge >= 0.3 is 0 Å². The summed E-state index contributed by atoms with van der Waals surface area (Å²) in [6, 6.07) is 0. The fourth-order valence-corrected chi connectivity index (χ4v) is 3.47. The highest BCUT2D eigenvalue weighted by molar-refractivity contribution is 4.83. The molecule has 0 heterocycles. The zero-order chi connectivity index (χ0) is 9.10. The molecule has 0 spiro atoms. The molecule has 1 nitrogen and oxygen atoms in total. The summed E-state index contributed by atoms with van der Waals surface area (Å²) in [5, 5.41) is 0. The van der Waals surface area contributed by atoms with Crippen LogP contribution < -0.4 is 5.73 Å². The van der Waals surface area contributed by atoms with Gasteiger partial charge < -0.3 is 5.73 Å². The first-order valence-electron chi connectivity index (χ1n) is 6.10. The monoisotopic (exact) mass is 181 g/mol. The Hall–Kier alpha value is -0.0400. The van der Waals surface area contributed by atoms with Crippen LogP contribution in [0.25, 0.3) is 0 Å². The second kappa shape index (κ2) is 4.45. The van der Waals surface area contributed by atoms with Crippen LogP contribution in [0.4, 0.5) is 0 Å². The summed E-state index contributed by atoms with van der Waals surface area (Å²) in [4.78, 5) is 0. The second-order valence-corrected chi connectivity index (χ2v) is 5.06. The van der Waals surface area contributed by atoms with Crippen molar-refractivity contribution in [3.8, 4) is 0 Å². The summed E-state index contributed by atoms with van der Waals surface area (Å²) in [6.07, 6.45) is 11.8. The van der Waals surface area contributed by atoms with Gasteiger partial charge in [-0.15, -0.1) is 0 Å². The zero-order valence-electron chi connectivity index (χ0n) is 8.67. The van der Waals surface area contributed by atoms with Gasteiger partial charge in [-0.05, 0) is 43.6 Å². The van der Waals surface area contributed by atoms with E-state index < -0.39 is 0 Å². The first-order valence-corrected chi connectivity index (χ1v) is 6.10. The van der Waals surface area contributed by atoms with E-state index in [1.54, 1.807) is 0 Å². The molecule has 0 aromatic rings. The normalized spacial score (nSPS) is 39.9. The van der Waals surface area contributed by atoms with Crippen molar-refractivity contribution in [2.24, 2.45) is 23.5 Å². The van der Waals surface area contributed by atoms with Crippen LogP contribution in [0.2, 0.25) is 0 Å². The van der Waals surface area contributed by atoms with Crippen molar-refractivity contribution in [1.82, 2.24) is 0 Å². The van der Waals surface area contributed by atoms with Crippen molar-refractivity contribution < 1.29 is 0 Å². The standard InChI is InChI=1S/C12H23N/c13-8-7-10-5-6-11-3-1-2-4-12(11)9-10/h10-12H,1-9,13H2. The van der Waals surface area contributed by atoms with E-state index in [9.17, 15) is 0 Å². The van der Waals surface area contributed by atoms with Crippen LogP contribution in [-0.4, -0.2) is 6.54 Å². The number of hydrogen-bond donors (Lipinski definition) is 1. The van der Waals surface area contributed by atoms with Crippen LogP contribution >= 0.6 is 0 Å². The average Bonchev–Trinajstić information content (AvgIpc) is 2.18. The minimum absolute atomic E-state index is 0.905. The molecule has 2 rings (SSSR count). The van der Waals surface area contributed by atoms with E-state index in [2.05, 4.69) is 0 Å². The van der Waals surface area contributed by atoms with Crippen LogP contribution in [0.1, 0.15) is 51.4 Å². The number of nitrogens with two attached hydrogens (primary N) is 1. The Kier molecular flexibility index (Phi) is 3.26. The summed E-state index contributed by atoms with van der Waals surface area (Å²) in [7, 11) is 0. The molecular formula is C12H23N. The Labute approximate surface area is 82.1 Å². The molecule has 2 N–H and O–H groups in total. The van der Waals surface area contributed by atoms with Gasteiger partial charge in [0.15, 0.2) is 0 Å². The van der Waals surface area contributed by atoms with E-state index in [0.717, 1.165) is 24.3 Å². The quantitative estimate of drug-likeness (QED) is 0.696. The van der Waals surface area contributed by atoms with Gasteiger partial charge in [0.25, 0.3) is 0 Å². The largest absolute Gasteiger partial charge is 0.330 e. The number of fused-ring (bicyclic) bond motifs is 1. The van der Waals surface area contributed by atoms with Crippen molar-refractivity contribution in [3.05, 3.63) is 0 Å². The van der Waals surface area contributed by atoms with Crippen LogP contribution in [0.3, 0.4) is 0 Å². The molecule has 2 fully saturated rings. The highest BCUT2D eigenvalue weighted by atomic mass is 14.5. The fourth-order valence-electron chi connectivity index (χ4n) is 3.47. The van der Waals surface area contributed by atoms with Gasteiger partial charge in [-0.2, -0.15) is 0 Å². The second-order valence-electron chi connectivity index (χ2n) is 5.06. The van der Waals surface area contributed by atoms with E-state index in [4.69, 9.17) is 5.73 Å². The summed E-state index contributed by atoms with van der Waals surface area (Å²) in [5.74, 6) is 3.16. The predicted octanol–water partition coefficient (Wildman–Crippen LogP) is 2.94. The lowest BCUT2D eigenvalue weighted by molar-refractivity contribution is 0.127. The Morgan fingerprint density at radius 1 is 0.923 bits per heavy atom. The average molecular weight is 181 g/mol. The third kappa shape index (κ3) is 2.25. The van der Waals surface area contributed by atoms with Gasteiger partial charge in [0, 0.05) is 0 Å². The topological polar surface area (TPSA) is 26.0 Å². The molecule has 0 saturated heterocycles. The minimum atomic E-state index is 0.905. The fraction of sp³-hybridized carbons (Fsp3) is 1.00. The summed E-state index contributed by atoms with van der Waals surface area (Å²) >= 11 is 0. The molecule has 0 aliphatic heterocycles. The molecular weight excluding hydrogens is 158 g/mol. The van der Waals surface area contributed by atoms with Crippen molar-refractivity contribution in [3.63, 3.8) is 0 Å². The molecule has 76 valence electrons. The van der Waals surface area contributed by atoms with Crippen molar-refractivity contribution >= 4 is 0 Å². The molecule has 0 bridgehead atoms. The predicted molar refractivity (Wildman–Crippen MR) is 56.5 cm³/mol. The Bertz CT molecular complexity index is 155. The minimum Gasteiger partial charge on any atom is -0.330 e. The zero-order valence-corrected chi connectivity index (χ0v) is 8.67. The number of hydrogen-bond acceptors (Lipinski definition) is 1. The molecule has 2 saturated carbocycles. The van der Waals surface area contributed by atoms with Gasteiger partial charge in [-0.1, -0.05) is 32.1 Å². The first-order chi connectivity index (χ1) is 6.40.